The summed E-state index contributed by atoms with van der Waals surface area (Å²) in [5.41, 5.74) is 3.25. The molecule has 12 heteroatoms. The average Bonchev–Trinajstić information content (AvgIpc) is 2.94. The van der Waals surface area contributed by atoms with E-state index in [-0.39, 0.29) is 23.6 Å². The summed E-state index contributed by atoms with van der Waals surface area (Å²) in [4.78, 5) is 6.18. The van der Waals surface area contributed by atoms with Crippen molar-refractivity contribution in [3.05, 3.63) is 88.7 Å². The van der Waals surface area contributed by atoms with Crippen molar-refractivity contribution >= 4 is 43.2 Å². The van der Waals surface area contributed by atoms with Crippen molar-refractivity contribution in [1.29, 1.82) is 0 Å². The molecule has 36 heavy (non-hydrogen) atoms. The zero-order valence-corrected chi connectivity index (χ0v) is 21.6. The van der Waals surface area contributed by atoms with Crippen molar-refractivity contribution in [2.75, 3.05) is 17.2 Å². The molecule has 0 aliphatic carbocycles. The van der Waals surface area contributed by atoms with Gasteiger partial charge >= 0.3 is 15.5 Å². The molecule has 0 bridgehead atoms. The van der Waals surface area contributed by atoms with Gasteiger partial charge in [0.15, 0.2) is 0 Å². The average molecular weight is 552 g/mol. The summed E-state index contributed by atoms with van der Waals surface area (Å²) in [5, 5.41) is -1.07. The first-order valence-electron chi connectivity index (χ1n) is 11.0. The molecule has 4 rings (SSSR count). The van der Waals surface area contributed by atoms with Crippen LogP contribution < -0.4 is 10.6 Å². The number of nitrogens with two attached hydrogens (primary N) is 1. The number of hydrogen-bond donors (Lipinski definition) is 1. The number of fused-ring (bicyclic) bond motifs is 1. The van der Waals surface area contributed by atoms with E-state index in [1.54, 1.807) is 30.5 Å². The summed E-state index contributed by atoms with van der Waals surface area (Å²) in [6.45, 7) is -0.863. The van der Waals surface area contributed by atoms with Crippen LogP contribution in [0.4, 0.5) is 24.5 Å². The van der Waals surface area contributed by atoms with Crippen molar-refractivity contribution in [2.45, 2.75) is 36.6 Å². The quantitative estimate of drug-likeness (QED) is 0.457. The van der Waals surface area contributed by atoms with Gasteiger partial charge in [0, 0.05) is 46.4 Å². The van der Waals surface area contributed by atoms with Crippen LogP contribution in [0.25, 0.3) is 0 Å². The Bertz CT molecular complexity index is 1340. The number of aryl methyl sites for hydroxylation is 1. The van der Waals surface area contributed by atoms with Gasteiger partial charge in [0.2, 0.25) is 0 Å². The van der Waals surface area contributed by atoms with Crippen molar-refractivity contribution in [3.8, 4) is 0 Å². The van der Waals surface area contributed by atoms with E-state index in [1.165, 1.54) is 6.07 Å². The number of nitrogen functional groups attached to an aromatic ring is 1. The third-order valence-corrected chi connectivity index (χ3v) is 8.69. The molecule has 0 saturated heterocycles. The van der Waals surface area contributed by atoms with Crippen molar-refractivity contribution in [1.82, 2.24) is 9.29 Å². The number of benzene rings is 2. The van der Waals surface area contributed by atoms with E-state index in [0.717, 1.165) is 5.56 Å². The number of anilines is 2. The second-order valence-corrected chi connectivity index (χ2v) is 11.9. The number of halogens is 4. The molecular weight excluding hydrogens is 529 g/mol. The number of pyridine rings is 1. The molecule has 6 nitrogen and oxygen atoms in total. The molecule has 0 fully saturated rings. The molecule has 0 spiro atoms. The summed E-state index contributed by atoms with van der Waals surface area (Å²) >= 11 is 6.42. The fourth-order valence-electron chi connectivity index (χ4n) is 4.30. The first kappa shape index (κ1) is 26.5. The molecule has 1 aliphatic heterocycles. The Balaban J connectivity index is 1.86. The topological polar surface area (TPSA) is 79.5 Å². The van der Waals surface area contributed by atoms with Crippen LogP contribution in [-0.2, 0) is 29.5 Å². The Morgan fingerprint density at radius 2 is 1.83 bits per heavy atom. The van der Waals surface area contributed by atoms with Crippen LogP contribution >= 0.6 is 11.6 Å². The number of nitrogens with zero attached hydrogens (tertiary/aromatic N) is 3. The number of sulfonamides is 1. The van der Waals surface area contributed by atoms with E-state index in [9.17, 15) is 21.6 Å². The van der Waals surface area contributed by atoms with E-state index in [2.05, 4.69) is 15.2 Å². The minimum absolute atomic E-state index is 0.149. The molecule has 2 heterocycles. The first-order chi connectivity index (χ1) is 16.9. The maximum absolute atomic E-state index is 13.7. The van der Waals surface area contributed by atoms with Crippen LogP contribution in [0.3, 0.4) is 0 Å². The number of alkyl halides is 3. The summed E-state index contributed by atoms with van der Waals surface area (Å²) in [6.07, 6.45) is 2.30. The fraction of sp³-hybridized carbons (Fsp3) is 0.292. The minimum Gasteiger partial charge on any atom is -0.399 e. The molecular formula is C24H23ClF3N4O2SSi. The highest BCUT2D eigenvalue weighted by Gasteiger charge is 2.53. The minimum atomic E-state index is -5.66. The van der Waals surface area contributed by atoms with Gasteiger partial charge < -0.3 is 10.6 Å². The van der Waals surface area contributed by atoms with E-state index >= 15 is 0 Å². The Morgan fingerprint density at radius 1 is 1.11 bits per heavy atom. The summed E-state index contributed by atoms with van der Waals surface area (Å²) in [7, 11) is -1.90. The SMILES string of the molecule is Nc1ccnc(CN2c3cccc(Cl)c3CN(S(=O)(=O)C(F)(F)F)C[C@@]2([Si])CCc2ccccc2)c1. The van der Waals surface area contributed by atoms with Crippen molar-refractivity contribution < 1.29 is 21.6 Å². The molecule has 2 N–H and O–H groups in total. The predicted octanol–water partition coefficient (Wildman–Crippen LogP) is 4.49. The zero-order chi connectivity index (χ0) is 26.1. The lowest BCUT2D eigenvalue weighted by atomic mass is 10.0. The highest BCUT2D eigenvalue weighted by molar-refractivity contribution is 7.89. The number of rotatable bonds is 6. The van der Waals surface area contributed by atoms with E-state index in [1.807, 2.05) is 35.2 Å². The number of aromatic nitrogens is 1. The van der Waals surface area contributed by atoms with E-state index in [0.29, 0.717) is 27.8 Å². The fourth-order valence-corrected chi connectivity index (χ4v) is 6.14. The summed E-state index contributed by atoms with van der Waals surface area (Å²) in [6, 6.07) is 17.6. The standard InChI is InChI=1S/C24H23ClF3N4O2SSi/c25-21-7-4-8-22-20(21)15-31(35(33,34)24(26,27)28)16-23(36,11-9-17-5-2-1-3-6-17)32(22)14-19-13-18(29)10-12-30-19/h1-8,10,12-13H,9,11,14-16H2,(H2,29,30)/t23-/m0/s1. The highest BCUT2D eigenvalue weighted by atomic mass is 35.5. The normalized spacial score (nSPS) is 19.1. The predicted molar refractivity (Wildman–Crippen MR) is 135 cm³/mol. The summed E-state index contributed by atoms with van der Waals surface area (Å²) < 4.78 is 66.8. The largest absolute Gasteiger partial charge is 0.511 e. The lowest BCUT2D eigenvalue weighted by molar-refractivity contribution is -0.0493. The Kier molecular flexibility index (Phi) is 7.38. The van der Waals surface area contributed by atoms with Crippen LogP contribution in [-0.4, -0.2) is 45.2 Å². The molecule has 0 saturated carbocycles. The molecule has 3 radical (unpaired) electrons. The highest BCUT2D eigenvalue weighted by Crippen LogP contribution is 2.41. The first-order valence-corrected chi connectivity index (χ1v) is 13.3. The van der Waals surface area contributed by atoms with Gasteiger partial charge in [0.1, 0.15) is 0 Å². The zero-order valence-electron chi connectivity index (χ0n) is 19.0. The lowest BCUT2D eigenvalue weighted by Gasteiger charge is -2.43. The van der Waals surface area contributed by atoms with E-state index < -0.39 is 33.8 Å². The third-order valence-electron chi connectivity index (χ3n) is 6.14. The second kappa shape index (κ2) is 10.0. The molecule has 1 aliphatic rings. The molecule has 0 unspecified atom stereocenters. The van der Waals surface area contributed by atoms with Crippen LogP contribution in [0, 0.1) is 0 Å². The van der Waals surface area contributed by atoms with Crippen LogP contribution in [0.5, 0.6) is 0 Å². The van der Waals surface area contributed by atoms with Gasteiger partial charge in [0.25, 0.3) is 0 Å². The Morgan fingerprint density at radius 3 is 2.50 bits per heavy atom. The molecule has 1 atom stereocenters. The Hall–Kier alpha value is -2.60. The van der Waals surface area contributed by atoms with Crippen molar-refractivity contribution in [3.63, 3.8) is 0 Å². The van der Waals surface area contributed by atoms with Gasteiger partial charge in [0.05, 0.1) is 22.5 Å². The smallest absolute Gasteiger partial charge is 0.399 e. The van der Waals surface area contributed by atoms with Gasteiger partial charge in [-0.05, 0) is 42.7 Å². The molecule has 189 valence electrons. The maximum Gasteiger partial charge on any atom is 0.511 e. The third kappa shape index (κ3) is 5.39. The molecule has 2 aromatic carbocycles. The molecule has 3 aromatic rings. The van der Waals surface area contributed by atoms with Gasteiger partial charge in [-0.25, -0.2) is 8.42 Å². The van der Waals surface area contributed by atoms with Gasteiger partial charge in [-0.15, -0.1) is 0 Å². The van der Waals surface area contributed by atoms with E-state index in [4.69, 9.17) is 17.3 Å². The Labute approximate surface area is 216 Å². The lowest BCUT2D eigenvalue weighted by Crippen LogP contribution is -2.57. The van der Waals surface area contributed by atoms with Gasteiger partial charge in [-0.1, -0.05) is 48.0 Å². The molecule has 1 aromatic heterocycles. The molecule has 0 amide bonds. The van der Waals surface area contributed by atoms with Gasteiger partial charge in [-0.2, -0.15) is 17.5 Å². The number of hydrogen-bond acceptors (Lipinski definition) is 5. The van der Waals surface area contributed by atoms with Crippen molar-refractivity contribution in [2.24, 2.45) is 0 Å². The van der Waals surface area contributed by atoms with Crippen LogP contribution in [0.15, 0.2) is 66.9 Å². The van der Waals surface area contributed by atoms with Crippen LogP contribution in [0.1, 0.15) is 23.2 Å². The monoisotopic (exact) mass is 551 g/mol. The van der Waals surface area contributed by atoms with Crippen LogP contribution in [0.2, 0.25) is 5.02 Å². The summed E-state index contributed by atoms with van der Waals surface area (Å²) in [5.74, 6) is 0. The maximum atomic E-state index is 13.7. The second-order valence-electron chi connectivity index (χ2n) is 8.64. The van der Waals surface area contributed by atoms with Gasteiger partial charge in [-0.3, -0.25) is 4.98 Å².